The van der Waals surface area contributed by atoms with Crippen molar-refractivity contribution in [2.45, 2.75) is 25.1 Å². The lowest BCUT2D eigenvalue weighted by molar-refractivity contribution is -0.178. The maximum absolute atomic E-state index is 12.0. The van der Waals surface area contributed by atoms with Crippen molar-refractivity contribution in [1.29, 1.82) is 0 Å². The molecule has 2 rings (SSSR count). The number of carbonyl (C=O) groups is 1. The van der Waals surface area contributed by atoms with Gasteiger partial charge < -0.3 is 9.64 Å². The number of nitrogens with zero attached hydrogens (tertiary/aromatic N) is 1. The molecule has 0 N–H and O–H groups in total. The third-order valence-electron chi connectivity index (χ3n) is 3.39. The zero-order chi connectivity index (χ0) is 16.3. The molecule has 1 unspecified atom stereocenters. The third-order valence-corrected chi connectivity index (χ3v) is 4.13. The smallest absolute Gasteiger partial charge is 0.362 e. The van der Waals surface area contributed by atoms with Gasteiger partial charge in [0.1, 0.15) is 13.2 Å². The van der Waals surface area contributed by atoms with E-state index in [4.69, 9.17) is 23.2 Å². The molecule has 0 saturated carbocycles. The summed E-state index contributed by atoms with van der Waals surface area (Å²) in [5, 5.41) is 0.793. The van der Waals surface area contributed by atoms with Crippen molar-refractivity contribution in [2.75, 3.05) is 19.8 Å². The Kier molecular flexibility index (Phi) is 5.58. The lowest BCUT2D eigenvalue weighted by Gasteiger charge is -2.25. The average molecular weight is 356 g/mol. The van der Waals surface area contributed by atoms with Crippen LogP contribution in [-0.4, -0.2) is 36.7 Å². The molecule has 1 aromatic rings. The van der Waals surface area contributed by atoms with Crippen molar-refractivity contribution in [3.05, 3.63) is 33.8 Å². The fourth-order valence-electron chi connectivity index (χ4n) is 2.47. The maximum atomic E-state index is 12.0. The van der Waals surface area contributed by atoms with Crippen molar-refractivity contribution < 1.29 is 22.7 Å². The molecule has 1 aliphatic rings. The third kappa shape index (κ3) is 4.51. The van der Waals surface area contributed by atoms with Crippen molar-refractivity contribution in [3.8, 4) is 0 Å². The first-order chi connectivity index (χ1) is 10.3. The zero-order valence-electron chi connectivity index (χ0n) is 11.5. The second kappa shape index (κ2) is 7.06. The van der Waals surface area contributed by atoms with Gasteiger partial charge in [0.2, 0.25) is 5.91 Å². The summed E-state index contributed by atoms with van der Waals surface area (Å²) in [7, 11) is 0. The summed E-state index contributed by atoms with van der Waals surface area (Å²) in [4.78, 5) is 13.6. The molecule has 0 aromatic heterocycles. The zero-order valence-corrected chi connectivity index (χ0v) is 13.0. The Morgan fingerprint density at radius 2 is 2.05 bits per heavy atom. The molecule has 3 nitrogen and oxygen atoms in total. The van der Waals surface area contributed by atoms with E-state index in [-0.39, 0.29) is 6.04 Å². The van der Waals surface area contributed by atoms with Gasteiger partial charge >= 0.3 is 6.18 Å². The monoisotopic (exact) mass is 355 g/mol. The van der Waals surface area contributed by atoms with E-state index in [2.05, 4.69) is 4.74 Å². The number of amides is 1. The van der Waals surface area contributed by atoms with Gasteiger partial charge in [-0.2, -0.15) is 13.2 Å². The van der Waals surface area contributed by atoms with Crippen molar-refractivity contribution >= 4 is 29.1 Å². The predicted octanol–water partition coefficient (Wildman–Crippen LogP) is 4.24. The molecule has 1 aliphatic heterocycles. The van der Waals surface area contributed by atoms with Crippen LogP contribution in [0.2, 0.25) is 10.0 Å². The number of halogens is 5. The predicted molar refractivity (Wildman–Crippen MR) is 77.0 cm³/mol. The van der Waals surface area contributed by atoms with Gasteiger partial charge in [-0.25, -0.2) is 0 Å². The van der Waals surface area contributed by atoms with Gasteiger partial charge in [-0.1, -0.05) is 29.3 Å². The van der Waals surface area contributed by atoms with Crippen LogP contribution >= 0.6 is 23.2 Å². The molecule has 1 amide bonds. The normalized spacial score (nSPS) is 18.8. The number of ether oxygens (including phenoxy) is 1. The Morgan fingerprint density at radius 1 is 1.32 bits per heavy atom. The van der Waals surface area contributed by atoms with E-state index in [9.17, 15) is 18.0 Å². The number of rotatable bonds is 4. The topological polar surface area (TPSA) is 29.5 Å². The van der Waals surface area contributed by atoms with Gasteiger partial charge in [-0.05, 0) is 30.5 Å². The van der Waals surface area contributed by atoms with Gasteiger partial charge in [0, 0.05) is 6.54 Å². The second-order valence-electron chi connectivity index (χ2n) is 5.03. The van der Waals surface area contributed by atoms with E-state index < -0.39 is 25.3 Å². The van der Waals surface area contributed by atoms with E-state index in [1.807, 2.05) is 0 Å². The molecule has 0 radical (unpaired) electrons. The van der Waals surface area contributed by atoms with Crippen LogP contribution in [0.15, 0.2) is 18.2 Å². The van der Waals surface area contributed by atoms with Crippen molar-refractivity contribution in [2.24, 2.45) is 0 Å². The molecule has 1 saturated heterocycles. The van der Waals surface area contributed by atoms with Crippen LogP contribution < -0.4 is 0 Å². The summed E-state index contributed by atoms with van der Waals surface area (Å²) in [6, 6.07) is 4.87. The van der Waals surface area contributed by atoms with Crippen LogP contribution in [0.25, 0.3) is 0 Å². The van der Waals surface area contributed by atoms with Crippen LogP contribution in [0.3, 0.4) is 0 Å². The summed E-state index contributed by atoms with van der Waals surface area (Å²) in [6.07, 6.45) is -2.94. The highest BCUT2D eigenvalue weighted by Gasteiger charge is 2.32. The minimum Gasteiger partial charge on any atom is -0.362 e. The molecule has 0 spiro atoms. The molecule has 1 fully saturated rings. The Labute approximate surface area is 135 Å². The van der Waals surface area contributed by atoms with Gasteiger partial charge in [0.25, 0.3) is 0 Å². The fourth-order valence-corrected chi connectivity index (χ4v) is 2.77. The first kappa shape index (κ1) is 17.4. The summed E-state index contributed by atoms with van der Waals surface area (Å²) in [5.74, 6) is -0.460. The first-order valence-electron chi connectivity index (χ1n) is 6.67. The lowest BCUT2D eigenvalue weighted by Crippen LogP contribution is -2.34. The Hall–Kier alpha value is -0.980. The van der Waals surface area contributed by atoms with E-state index >= 15 is 0 Å². The number of benzene rings is 1. The molecular weight excluding hydrogens is 342 g/mol. The fraction of sp³-hybridized carbons (Fsp3) is 0.500. The number of alkyl halides is 3. The average Bonchev–Trinajstić information content (AvgIpc) is 2.89. The van der Waals surface area contributed by atoms with E-state index in [1.54, 1.807) is 18.2 Å². The van der Waals surface area contributed by atoms with Crippen molar-refractivity contribution in [3.63, 3.8) is 0 Å². The summed E-state index contributed by atoms with van der Waals surface area (Å²) in [6.45, 7) is -1.53. The molecule has 22 heavy (non-hydrogen) atoms. The molecule has 0 aliphatic carbocycles. The molecule has 122 valence electrons. The number of carbonyl (C=O) groups excluding carboxylic acids is 1. The highest BCUT2D eigenvalue weighted by atomic mass is 35.5. The number of likely N-dealkylation sites (tertiary alicyclic amines) is 1. The molecule has 1 heterocycles. The van der Waals surface area contributed by atoms with Crippen LogP contribution in [0.4, 0.5) is 13.2 Å². The molecule has 1 atom stereocenters. The van der Waals surface area contributed by atoms with Crippen LogP contribution in [-0.2, 0) is 9.53 Å². The van der Waals surface area contributed by atoms with Gasteiger partial charge in [0.05, 0.1) is 16.1 Å². The highest BCUT2D eigenvalue weighted by Crippen LogP contribution is 2.35. The number of hydrogen-bond acceptors (Lipinski definition) is 2. The Balaban J connectivity index is 2.00. The van der Waals surface area contributed by atoms with E-state index in [1.165, 1.54) is 4.90 Å². The van der Waals surface area contributed by atoms with Gasteiger partial charge in [-0.3, -0.25) is 4.79 Å². The highest BCUT2D eigenvalue weighted by molar-refractivity contribution is 6.42. The van der Waals surface area contributed by atoms with Gasteiger partial charge in [0.15, 0.2) is 0 Å². The quantitative estimate of drug-likeness (QED) is 0.808. The van der Waals surface area contributed by atoms with Crippen molar-refractivity contribution in [1.82, 2.24) is 4.90 Å². The van der Waals surface area contributed by atoms with Crippen LogP contribution in [0, 0.1) is 0 Å². The first-order valence-corrected chi connectivity index (χ1v) is 7.42. The molecule has 8 heteroatoms. The summed E-state index contributed by atoms with van der Waals surface area (Å²) >= 11 is 11.8. The second-order valence-corrected chi connectivity index (χ2v) is 5.84. The largest absolute Gasteiger partial charge is 0.411 e. The molecule has 0 bridgehead atoms. The van der Waals surface area contributed by atoms with Crippen LogP contribution in [0.5, 0.6) is 0 Å². The molecule has 1 aromatic carbocycles. The molecular formula is C14H14Cl2F3NO2. The minimum atomic E-state index is -4.44. The lowest BCUT2D eigenvalue weighted by atomic mass is 10.0. The van der Waals surface area contributed by atoms with E-state index in [0.717, 1.165) is 18.4 Å². The number of hydrogen-bond donors (Lipinski definition) is 0. The Morgan fingerprint density at radius 3 is 2.68 bits per heavy atom. The standard InChI is InChI=1S/C14H14Cl2F3NO2/c15-10-4-3-9(6-11(10)16)12-2-1-5-20(12)13(21)7-22-8-14(17,18)19/h3-4,6,12H,1-2,5,7-8H2. The van der Waals surface area contributed by atoms with Gasteiger partial charge in [-0.15, -0.1) is 0 Å². The van der Waals surface area contributed by atoms with E-state index in [0.29, 0.717) is 16.6 Å². The summed E-state index contributed by atoms with van der Waals surface area (Å²) < 4.78 is 40.5. The van der Waals surface area contributed by atoms with Crippen LogP contribution in [0.1, 0.15) is 24.4 Å². The maximum Gasteiger partial charge on any atom is 0.411 e. The summed E-state index contributed by atoms with van der Waals surface area (Å²) in [5.41, 5.74) is 0.816. The SMILES string of the molecule is O=C(COCC(F)(F)F)N1CCCC1c1ccc(Cl)c(Cl)c1. The minimum absolute atomic E-state index is 0.211. The Bertz CT molecular complexity index is 551.